The molecular formula is C13H18BrN5O. The van der Waals surface area contributed by atoms with E-state index in [1.165, 1.54) is 0 Å². The summed E-state index contributed by atoms with van der Waals surface area (Å²) in [7, 11) is 1.87. The summed E-state index contributed by atoms with van der Waals surface area (Å²) >= 11 is 3.32. The Morgan fingerprint density at radius 1 is 1.40 bits per heavy atom. The third-order valence-electron chi connectivity index (χ3n) is 3.22. The number of amides is 1. The van der Waals surface area contributed by atoms with Crippen molar-refractivity contribution in [3.8, 4) is 0 Å². The summed E-state index contributed by atoms with van der Waals surface area (Å²) in [6.07, 6.45) is 5.37. The number of halogens is 1. The van der Waals surface area contributed by atoms with Crippen LogP contribution < -0.4 is 5.32 Å². The average Bonchev–Trinajstić information content (AvgIpc) is 2.94. The van der Waals surface area contributed by atoms with Crippen molar-refractivity contribution in [3.05, 3.63) is 34.3 Å². The van der Waals surface area contributed by atoms with Crippen molar-refractivity contribution in [2.45, 2.75) is 32.9 Å². The first-order valence-corrected chi connectivity index (χ1v) is 7.18. The van der Waals surface area contributed by atoms with Gasteiger partial charge < -0.3 is 5.32 Å². The molecule has 20 heavy (non-hydrogen) atoms. The van der Waals surface area contributed by atoms with E-state index in [0.29, 0.717) is 0 Å². The standard InChI is InChI=1S/C13H18BrN5O/c1-8(12-7-18(4)17-9(12)2)16-13(20)10(3)19-6-11(14)5-15-19/h5-8,10H,1-4H3,(H,16,20). The smallest absolute Gasteiger partial charge is 0.245 e. The van der Waals surface area contributed by atoms with Crippen molar-refractivity contribution in [2.75, 3.05) is 0 Å². The lowest BCUT2D eigenvalue weighted by molar-refractivity contribution is -0.124. The van der Waals surface area contributed by atoms with Crippen LogP contribution >= 0.6 is 15.9 Å². The summed E-state index contributed by atoms with van der Waals surface area (Å²) in [5, 5.41) is 11.4. The minimum absolute atomic E-state index is 0.0728. The lowest BCUT2D eigenvalue weighted by Crippen LogP contribution is -2.33. The zero-order valence-electron chi connectivity index (χ0n) is 12.0. The molecule has 2 unspecified atom stereocenters. The molecule has 2 aromatic heterocycles. The highest BCUT2D eigenvalue weighted by atomic mass is 79.9. The van der Waals surface area contributed by atoms with Crippen LogP contribution in [0.4, 0.5) is 0 Å². The van der Waals surface area contributed by atoms with Crippen molar-refractivity contribution in [2.24, 2.45) is 7.05 Å². The minimum Gasteiger partial charge on any atom is -0.348 e. The van der Waals surface area contributed by atoms with E-state index in [2.05, 4.69) is 31.4 Å². The molecular weight excluding hydrogens is 322 g/mol. The number of hydrogen-bond donors (Lipinski definition) is 1. The first-order valence-electron chi connectivity index (χ1n) is 6.38. The summed E-state index contributed by atoms with van der Waals surface area (Å²) in [6, 6.07) is -0.446. The molecule has 6 nitrogen and oxygen atoms in total. The minimum atomic E-state index is -0.360. The Morgan fingerprint density at radius 2 is 2.10 bits per heavy atom. The predicted octanol–water partition coefficient (Wildman–Crippen LogP) is 2.13. The van der Waals surface area contributed by atoms with Crippen LogP contribution in [0, 0.1) is 6.92 Å². The highest BCUT2D eigenvalue weighted by Crippen LogP contribution is 2.17. The van der Waals surface area contributed by atoms with E-state index < -0.39 is 0 Å². The van der Waals surface area contributed by atoms with Crippen molar-refractivity contribution in [3.63, 3.8) is 0 Å². The van der Waals surface area contributed by atoms with Crippen LogP contribution in [0.2, 0.25) is 0 Å². The second kappa shape index (κ2) is 5.78. The van der Waals surface area contributed by atoms with E-state index in [1.807, 2.05) is 34.0 Å². The van der Waals surface area contributed by atoms with Crippen molar-refractivity contribution < 1.29 is 4.79 Å². The quantitative estimate of drug-likeness (QED) is 0.927. The van der Waals surface area contributed by atoms with Gasteiger partial charge in [0, 0.05) is 25.0 Å². The van der Waals surface area contributed by atoms with Gasteiger partial charge in [0.15, 0.2) is 0 Å². The number of rotatable bonds is 4. The van der Waals surface area contributed by atoms with Crippen LogP contribution in [0.3, 0.4) is 0 Å². The molecule has 0 aromatic carbocycles. The van der Waals surface area contributed by atoms with Gasteiger partial charge in [0.2, 0.25) is 5.91 Å². The van der Waals surface area contributed by atoms with Crippen LogP contribution in [0.5, 0.6) is 0 Å². The second-order valence-electron chi connectivity index (χ2n) is 4.89. The molecule has 0 bridgehead atoms. The van der Waals surface area contributed by atoms with Gasteiger partial charge in [0.25, 0.3) is 0 Å². The van der Waals surface area contributed by atoms with Crippen LogP contribution in [0.1, 0.15) is 37.2 Å². The van der Waals surface area contributed by atoms with Gasteiger partial charge in [-0.2, -0.15) is 10.2 Å². The predicted molar refractivity (Wildman–Crippen MR) is 79.1 cm³/mol. The number of aromatic nitrogens is 4. The maximum atomic E-state index is 12.2. The third-order valence-corrected chi connectivity index (χ3v) is 3.63. The van der Waals surface area contributed by atoms with E-state index in [-0.39, 0.29) is 18.0 Å². The third kappa shape index (κ3) is 3.09. The van der Waals surface area contributed by atoms with Gasteiger partial charge >= 0.3 is 0 Å². The molecule has 0 fully saturated rings. The molecule has 108 valence electrons. The SMILES string of the molecule is Cc1nn(C)cc1C(C)NC(=O)C(C)n1cc(Br)cn1. The lowest BCUT2D eigenvalue weighted by Gasteiger charge is -2.17. The van der Waals surface area contributed by atoms with Crippen molar-refractivity contribution in [1.82, 2.24) is 24.9 Å². The number of carbonyl (C=O) groups excluding carboxylic acids is 1. The molecule has 7 heteroatoms. The van der Waals surface area contributed by atoms with E-state index >= 15 is 0 Å². The lowest BCUT2D eigenvalue weighted by atomic mass is 10.1. The van der Waals surface area contributed by atoms with E-state index in [0.717, 1.165) is 15.7 Å². The number of nitrogens with zero attached hydrogens (tertiary/aromatic N) is 4. The summed E-state index contributed by atoms with van der Waals surface area (Å²) in [4.78, 5) is 12.2. The summed E-state index contributed by atoms with van der Waals surface area (Å²) < 4.78 is 4.23. The fourth-order valence-corrected chi connectivity index (χ4v) is 2.40. The fraction of sp³-hybridized carbons (Fsp3) is 0.462. The molecule has 2 aromatic rings. The second-order valence-corrected chi connectivity index (χ2v) is 5.80. The van der Waals surface area contributed by atoms with Gasteiger partial charge in [-0.3, -0.25) is 14.2 Å². The summed E-state index contributed by atoms with van der Waals surface area (Å²) in [6.45, 7) is 5.71. The first kappa shape index (κ1) is 14.8. The molecule has 0 aliphatic heterocycles. The largest absolute Gasteiger partial charge is 0.348 e. The van der Waals surface area contributed by atoms with Crippen molar-refractivity contribution in [1.29, 1.82) is 0 Å². The topological polar surface area (TPSA) is 64.7 Å². The van der Waals surface area contributed by atoms with Crippen LogP contribution in [-0.4, -0.2) is 25.5 Å². The molecule has 1 amide bonds. The molecule has 0 radical (unpaired) electrons. The fourth-order valence-electron chi connectivity index (χ4n) is 2.10. The molecule has 2 atom stereocenters. The van der Waals surface area contributed by atoms with Gasteiger partial charge in [-0.15, -0.1) is 0 Å². The zero-order valence-corrected chi connectivity index (χ0v) is 13.5. The normalized spacial score (nSPS) is 14.1. The molecule has 2 rings (SSSR count). The Bertz CT molecular complexity index is 618. The van der Waals surface area contributed by atoms with Crippen LogP contribution in [-0.2, 0) is 11.8 Å². The molecule has 0 aliphatic carbocycles. The van der Waals surface area contributed by atoms with Crippen LogP contribution in [0.15, 0.2) is 23.1 Å². The highest BCUT2D eigenvalue weighted by Gasteiger charge is 2.20. The summed E-state index contributed by atoms with van der Waals surface area (Å²) in [5.41, 5.74) is 1.95. The summed E-state index contributed by atoms with van der Waals surface area (Å²) in [5.74, 6) is -0.0728. The molecule has 0 saturated heterocycles. The molecule has 0 spiro atoms. The van der Waals surface area contributed by atoms with E-state index in [4.69, 9.17) is 0 Å². The number of aryl methyl sites for hydroxylation is 2. The van der Waals surface area contributed by atoms with Gasteiger partial charge in [-0.1, -0.05) is 0 Å². The monoisotopic (exact) mass is 339 g/mol. The van der Waals surface area contributed by atoms with Crippen molar-refractivity contribution >= 4 is 21.8 Å². The van der Waals surface area contributed by atoms with E-state index in [1.54, 1.807) is 21.8 Å². The Balaban J connectivity index is 2.06. The first-order chi connectivity index (χ1) is 9.38. The molecule has 2 heterocycles. The molecule has 0 aliphatic rings. The molecule has 0 saturated carbocycles. The zero-order chi connectivity index (χ0) is 14.9. The number of hydrogen-bond acceptors (Lipinski definition) is 3. The van der Waals surface area contributed by atoms with Gasteiger partial charge in [0.1, 0.15) is 6.04 Å². The Labute approximate surface area is 126 Å². The Kier molecular flexibility index (Phi) is 4.27. The van der Waals surface area contributed by atoms with Gasteiger partial charge in [0.05, 0.1) is 22.4 Å². The maximum absolute atomic E-state index is 12.2. The van der Waals surface area contributed by atoms with Crippen LogP contribution in [0.25, 0.3) is 0 Å². The Hall–Kier alpha value is -1.63. The Morgan fingerprint density at radius 3 is 2.60 bits per heavy atom. The molecule has 1 N–H and O–H groups in total. The van der Waals surface area contributed by atoms with Gasteiger partial charge in [-0.05, 0) is 36.7 Å². The average molecular weight is 340 g/mol. The van der Waals surface area contributed by atoms with E-state index in [9.17, 15) is 4.79 Å². The maximum Gasteiger partial charge on any atom is 0.245 e. The van der Waals surface area contributed by atoms with Gasteiger partial charge in [-0.25, -0.2) is 0 Å². The number of carbonyl (C=O) groups is 1. The number of nitrogens with one attached hydrogen (secondary N) is 1. The highest BCUT2D eigenvalue weighted by molar-refractivity contribution is 9.10.